The molecule has 1 saturated heterocycles. The summed E-state index contributed by atoms with van der Waals surface area (Å²) in [5.74, 6) is 0. The Balaban J connectivity index is 2.14. The minimum Gasteiger partial charge on any atom is -0.445 e. The number of hydrogen-bond donors (Lipinski definition) is 1. The molecule has 1 amide bonds. The van der Waals surface area contributed by atoms with Gasteiger partial charge in [-0.25, -0.2) is 4.79 Å². The highest BCUT2D eigenvalue weighted by molar-refractivity contribution is 7.86. The van der Waals surface area contributed by atoms with Gasteiger partial charge in [-0.05, 0) is 12.5 Å². The summed E-state index contributed by atoms with van der Waals surface area (Å²) in [6.07, 6.45) is 2.01. The number of nitrogens with zero attached hydrogens (tertiary/aromatic N) is 3. The second kappa shape index (κ2) is 7.98. The molecule has 1 aromatic rings. The number of aromatic nitrogens is 2. The maximum absolute atomic E-state index is 12.2. The highest BCUT2D eigenvalue weighted by atomic mass is 32.2. The lowest BCUT2D eigenvalue weighted by Gasteiger charge is -2.22. The van der Waals surface area contributed by atoms with Crippen molar-refractivity contribution in [2.75, 3.05) is 19.4 Å². The standard InChI is InChI=1S/C15H23N3O6S/c1-4-5-23-15(20)18-9-14(24-25(3,21)22)8-12(18)6-11-7-13(10-19)17(2)16-11/h4,7,12,14,19H,1,5-6,8-10H2,2-3H3/t12-,14-/m1/s1. The van der Waals surface area contributed by atoms with Crippen LogP contribution in [-0.4, -0.2) is 65.9 Å². The van der Waals surface area contributed by atoms with Gasteiger partial charge in [-0.1, -0.05) is 12.7 Å². The van der Waals surface area contributed by atoms with Gasteiger partial charge in [0.2, 0.25) is 0 Å². The number of amides is 1. The molecule has 2 atom stereocenters. The first kappa shape index (κ1) is 19.4. The van der Waals surface area contributed by atoms with Crippen LogP contribution >= 0.6 is 0 Å². The minimum absolute atomic E-state index is 0.0674. The number of aliphatic hydroxyl groups is 1. The maximum Gasteiger partial charge on any atom is 0.410 e. The largest absolute Gasteiger partial charge is 0.445 e. The first-order valence-electron chi connectivity index (χ1n) is 7.78. The molecular formula is C15H23N3O6S. The first-order valence-corrected chi connectivity index (χ1v) is 9.60. The molecule has 0 aromatic carbocycles. The number of aryl methyl sites for hydroxylation is 1. The number of ether oxygens (including phenoxy) is 1. The maximum atomic E-state index is 12.2. The van der Waals surface area contributed by atoms with E-state index in [1.807, 2.05) is 0 Å². The van der Waals surface area contributed by atoms with Gasteiger partial charge in [-0.2, -0.15) is 13.5 Å². The zero-order valence-corrected chi connectivity index (χ0v) is 15.1. The van der Waals surface area contributed by atoms with Crippen LogP contribution in [0, 0.1) is 0 Å². The fraction of sp³-hybridized carbons (Fsp3) is 0.600. The molecule has 25 heavy (non-hydrogen) atoms. The predicted molar refractivity (Wildman–Crippen MR) is 89.2 cm³/mol. The van der Waals surface area contributed by atoms with Crippen LogP contribution in [0.5, 0.6) is 0 Å². The van der Waals surface area contributed by atoms with Gasteiger partial charge in [0.25, 0.3) is 10.1 Å². The number of carbonyl (C=O) groups is 1. The summed E-state index contributed by atoms with van der Waals surface area (Å²) >= 11 is 0. The third-order valence-electron chi connectivity index (χ3n) is 3.88. The van der Waals surface area contributed by atoms with E-state index >= 15 is 0 Å². The van der Waals surface area contributed by atoms with Crippen LogP contribution < -0.4 is 0 Å². The van der Waals surface area contributed by atoms with Crippen LogP contribution in [0.2, 0.25) is 0 Å². The van der Waals surface area contributed by atoms with Crippen LogP contribution in [0.1, 0.15) is 17.8 Å². The molecule has 0 unspecified atom stereocenters. The summed E-state index contributed by atoms with van der Waals surface area (Å²) in [5.41, 5.74) is 1.34. The van der Waals surface area contributed by atoms with Crippen molar-refractivity contribution in [1.29, 1.82) is 0 Å². The topological polar surface area (TPSA) is 111 Å². The monoisotopic (exact) mass is 373 g/mol. The van der Waals surface area contributed by atoms with Gasteiger partial charge in [0.05, 0.1) is 36.9 Å². The Morgan fingerprint density at radius 2 is 2.28 bits per heavy atom. The van der Waals surface area contributed by atoms with Gasteiger partial charge in [0, 0.05) is 19.5 Å². The van der Waals surface area contributed by atoms with Crippen LogP contribution in [-0.2, 0) is 39.1 Å². The normalized spacial score (nSPS) is 20.7. The first-order chi connectivity index (χ1) is 11.7. The Morgan fingerprint density at radius 3 is 2.84 bits per heavy atom. The molecule has 1 aliphatic heterocycles. The average molecular weight is 373 g/mol. The predicted octanol–water partition coefficient (Wildman–Crippen LogP) is 0.197. The number of hydrogen-bond acceptors (Lipinski definition) is 7. The lowest BCUT2D eigenvalue weighted by molar-refractivity contribution is 0.104. The van der Waals surface area contributed by atoms with Crippen molar-refractivity contribution in [3.05, 3.63) is 30.1 Å². The van der Waals surface area contributed by atoms with Crippen molar-refractivity contribution in [3.63, 3.8) is 0 Å². The van der Waals surface area contributed by atoms with Crippen molar-refractivity contribution in [2.24, 2.45) is 7.05 Å². The average Bonchev–Trinajstić information content (AvgIpc) is 3.06. The number of carbonyl (C=O) groups excluding carboxylic acids is 1. The third kappa shape index (κ3) is 5.28. The lowest BCUT2D eigenvalue weighted by atomic mass is 10.1. The molecular weight excluding hydrogens is 350 g/mol. The van der Waals surface area contributed by atoms with E-state index in [0.717, 1.165) is 6.26 Å². The Labute approximate surface area is 146 Å². The zero-order chi connectivity index (χ0) is 18.6. The van der Waals surface area contributed by atoms with Crippen molar-refractivity contribution >= 4 is 16.2 Å². The van der Waals surface area contributed by atoms with Gasteiger partial charge in [0.15, 0.2) is 0 Å². The van der Waals surface area contributed by atoms with Gasteiger partial charge < -0.3 is 14.7 Å². The van der Waals surface area contributed by atoms with Gasteiger partial charge in [-0.15, -0.1) is 0 Å². The second-order valence-corrected chi connectivity index (χ2v) is 7.54. The number of likely N-dealkylation sites (tertiary alicyclic amines) is 1. The third-order valence-corrected chi connectivity index (χ3v) is 4.50. The summed E-state index contributed by atoms with van der Waals surface area (Å²) in [4.78, 5) is 13.7. The molecule has 0 radical (unpaired) electrons. The fourth-order valence-corrected chi connectivity index (χ4v) is 3.52. The molecule has 1 N–H and O–H groups in total. The molecule has 0 bridgehead atoms. The molecule has 0 saturated carbocycles. The second-order valence-electron chi connectivity index (χ2n) is 5.94. The fourth-order valence-electron chi connectivity index (χ4n) is 2.88. The summed E-state index contributed by atoms with van der Waals surface area (Å²) < 4.78 is 34.4. The quantitative estimate of drug-likeness (QED) is 0.537. The Bertz CT molecular complexity index is 730. The zero-order valence-electron chi connectivity index (χ0n) is 14.3. The minimum atomic E-state index is -3.62. The van der Waals surface area contributed by atoms with Crippen LogP contribution in [0.3, 0.4) is 0 Å². The highest BCUT2D eigenvalue weighted by Crippen LogP contribution is 2.25. The molecule has 1 aromatic heterocycles. The molecule has 1 aliphatic rings. The van der Waals surface area contributed by atoms with Crippen LogP contribution in [0.25, 0.3) is 0 Å². The van der Waals surface area contributed by atoms with Crippen molar-refractivity contribution in [2.45, 2.75) is 31.6 Å². The summed E-state index contributed by atoms with van der Waals surface area (Å²) in [6, 6.07) is 1.43. The Kier molecular flexibility index (Phi) is 6.20. The SMILES string of the molecule is C=CCOC(=O)N1C[C@H](OS(C)(=O)=O)C[C@H]1Cc1cc(CO)n(C)n1. The van der Waals surface area contributed by atoms with Gasteiger partial charge in [-0.3, -0.25) is 8.86 Å². The van der Waals surface area contributed by atoms with E-state index in [4.69, 9.17) is 8.92 Å². The number of rotatable bonds is 7. The molecule has 0 spiro atoms. The Hall–Kier alpha value is -1.91. The van der Waals surface area contributed by atoms with E-state index in [0.29, 0.717) is 24.2 Å². The van der Waals surface area contributed by atoms with Crippen LogP contribution in [0.15, 0.2) is 18.7 Å². The molecule has 2 heterocycles. The molecule has 140 valence electrons. The van der Waals surface area contributed by atoms with Crippen molar-refractivity contribution in [1.82, 2.24) is 14.7 Å². The molecule has 1 fully saturated rings. The lowest BCUT2D eigenvalue weighted by Crippen LogP contribution is -2.38. The van der Waals surface area contributed by atoms with E-state index in [2.05, 4.69) is 11.7 Å². The van der Waals surface area contributed by atoms with E-state index in [1.54, 1.807) is 17.8 Å². The van der Waals surface area contributed by atoms with Gasteiger partial charge >= 0.3 is 6.09 Å². The van der Waals surface area contributed by atoms with E-state index in [-0.39, 0.29) is 25.8 Å². The molecule has 9 nitrogen and oxygen atoms in total. The summed E-state index contributed by atoms with van der Waals surface area (Å²) in [7, 11) is -1.91. The summed E-state index contributed by atoms with van der Waals surface area (Å²) in [5, 5.41) is 13.6. The van der Waals surface area contributed by atoms with E-state index in [1.165, 1.54) is 11.0 Å². The Morgan fingerprint density at radius 1 is 1.56 bits per heavy atom. The number of aliphatic hydroxyl groups excluding tert-OH is 1. The van der Waals surface area contributed by atoms with Gasteiger partial charge in [0.1, 0.15) is 6.61 Å². The molecule has 10 heteroatoms. The van der Waals surface area contributed by atoms with Crippen LogP contribution in [0.4, 0.5) is 4.79 Å². The van der Waals surface area contributed by atoms with Crippen molar-refractivity contribution < 1.29 is 27.2 Å². The smallest absolute Gasteiger partial charge is 0.410 e. The van der Waals surface area contributed by atoms with Crippen molar-refractivity contribution in [3.8, 4) is 0 Å². The molecule has 2 rings (SSSR count). The summed E-state index contributed by atoms with van der Waals surface area (Å²) in [6.45, 7) is 3.54. The van der Waals surface area contributed by atoms with E-state index in [9.17, 15) is 18.3 Å². The molecule has 0 aliphatic carbocycles. The highest BCUT2D eigenvalue weighted by Gasteiger charge is 2.38. The van der Waals surface area contributed by atoms with E-state index < -0.39 is 22.3 Å².